The van der Waals surface area contributed by atoms with Crippen LogP contribution in [0, 0.1) is 5.82 Å². The topological polar surface area (TPSA) is 43.6 Å². The smallest absolute Gasteiger partial charge is 0.187 e. The Morgan fingerprint density at radius 3 is 2.63 bits per heavy atom. The number of tetrazole rings is 1. The van der Waals surface area contributed by atoms with Gasteiger partial charge >= 0.3 is 0 Å². The molecular weight excluding hydrogens is 311 g/mol. The first kappa shape index (κ1) is 12.0. The zero-order valence-corrected chi connectivity index (χ0v) is 11.2. The largest absolute Gasteiger partial charge is 0.207 e. The van der Waals surface area contributed by atoms with E-state index in [1.54, 1.807) is 6.07 Å². The van der Waals surface area contributed by atoms with Crippen LogP contribution < -0.4 is 0 Å². The number of hydrogen-bond acceptors (Lipinski definition) is 3. The lowest BCUT2D eigenvalue weighted by molar-refractivity contribution is 0.624. The summed E-state index contributed by atoms with van der Waals surface area (Å²) in [5, 5.41) is 11.6. The van der Waals surface area contributed by atoms with Gasteiger partial charge < -0.3 is 0 Å². The molecule has 0 aliphatic heterocycles. The van der Waals surface area contributed by atoms with Crippen LogP contribution in [0.3, 0.4) is 0 Å². The van der Waals surface area contributed by atoms with Crippen LogP contribution in [0.15, 0.2) is 53.0 Å². The number of aromatic nitrogens is 4. The molecule has 0 spiro atoms. The van der Waals surface area contributed by atoms with Gasteiger partial charge in [0.1, 0.15) is 5.82 Å². The third kappa shape index (κ3) is 2.26. The molecule has 2 aromatic carbocycles. The normalized spacial score (nSPS) is 10.6. The molecule has 0 radical (unpaired) electrons. The van der Waals surface area contributed by atoms with Crippen molar-refractivity contribution in [1.82, 2.24) is 20.2 Å². The highest BCUT2D eigenvalue weighted by atomic mass is 79.9. The van der Waals surface area contributed by atoms with Gasteiger partial charge in [-0.2, -0.15) is 4.68 Å². The molecule has 0 fully saturated rings. The van der Waals surface area contributed by atoms with Gasteiger partial charge in [0.2, 0.25) is 0 Å². The SMILES string of the molecule is Fc1ccc(Br)c(-n2nnnc2-c2ccccc2)c1. The number of hydrogen-bond donors (Lipinski definition) is 0. The Morgan fingerprint density at radius 1 is 1.05 bits per heavy atom. The van der Waals surface area contributed by atoms with Crippen molar-refractivity contribution >= 4 is 15.9 Å². The zero-order valence-electron chi connectivity index (χ0n) is 9.66. The van der Waals surface area contributed by atoms with E-state index in [2.05, 4.69) is 31.5 Å². The minimum absolute atomic E-state index is 0.340. The molecule has 0 atom stereocenters. The molecule has 1 aromatic heterocycles. The van der Waals surface area contributed by atoms with E-state index in [-0.39, 0.29) is 5.82 Å². The first-order valence-electron chi connectivity index (χ1n) is 5.55. The lowest BCUT2D eigenvalue weighted by atomic mass is 10.2. The molecule has 0 N–H and O–H groups in total. The maximum absolute atomic E-state index is 13.4. The van der Waals surface area contributed by atoms with Crippen LogP contribution in [0.4, 0.5) is 4.39 Å². The second-order valence-electron chi connectivity index (χ2n) is 3.88. The van der Waals surface area contributed by atoms with Gasteiger partial charge in [-0.25, -0.2) is 4.39 Å². The van der Waals surface area contributed by atoms with Crippen molar-refractivity contribution in [1.29, 1.82) is 0 Å². The highest BCUT2D eigenvalue weighted by molar-refractivity contribution is 9.10. The van der Waals surface area contributed by atoms with E-state index < -0.39 is 0 Å². The molecule has 94 valence electrons. The standard InChI is InChI=1S/C13H8BrFN4/c14-11-7-6-10(15)8-12(11)19-13(16-17-18-19)9-4-2-1-3-5-9/h1-8H. The summed E-state index contributed by atoms with van der Waals surface area (Å²) in [4.78, 5) is 0. The molecule has 3 aromatic rings. The van der Waals surface area contributed by atoms with Gasteiger partial charge in [-0.05, 0) is 38.5 Å². The summed E-state index contributed by atoms with van der Waals surface area (Å²) in [5.74, 6) is 0.222. The molecule has 6 heteroatoms. The highest BCUT2D eigenvalue weighted by Gasteiger charge is 2.13. The maximum Gasteiger partial charge on any atom is 0.187 e. The molecule has 3 rings (SSSR count). The molecule has 0 bridgehead atoms. The van der Waals surface area contributed by atoms with Crippen molar-refractivity contribution in [2.24, 2.45) is 0 Å². The van der Waals surface area contributed by atoms with Gasteiger partial charge in [-0.1, -0.05) is 30.3 Å². The van der Waals surface area contributed by atoms with Crippen LogP contribution in [0.5, 0.6) is 0 Å². The summed E-state index contributed by atoms with van der Waals surface area (Å²) >= 11 is 3.38. The number of benzene rings is 2. The van der Waals surface area contributed by atoms with Crippen molar-refractivity contribution in [3.8, 4) is 17.1 Å². The fraction of sp³-hybridized carbons (Fsp3) is 0. The second kappa shape index (κ2) is 4.89. The van der Waals surface area contributed by atoms with E-state index in [0.29, 0.717) is 11.5 Å². The lowest BCUT2D eigenvalue weighted by Gasteiger charge is -2.06. The van der Waals surface area contributed by atoms with Crippen molar-refractivity contribution in [2.45, 2.75) is 0 Å². The highest BCUT2D eigenvalue weighted by Crippen LogP contribution is 2.25. The maximum atomic E-state index is 13.4. The zero-order chi connectivity index (χ0) is 13.2. The number of halogens is 2. The quantitative estimate of drug-likeness (QED) is 0.728. The Balaban J connectivity index is 2.18. The summed E-state index contributed by atoms with van der Waals surface area (Å²) in [5.41, 5.74) is 1.42. The van der Waals surface area contributed by atoms with Crippen molar-refractivity contribution in [3.05, 3.63) is 58.8 Å². The summed E-state index contributed by atoms with van der Waals surface area (Å²) < 4.78 is 15.6. The first-order chi connectivity index (χ1) is 9.25. The second-order valence-corrected chi connectivity index (χ2v) is 4.73. The van der Waals surface area contributed by atoms with Gasteiger partial charge in [0.25, 0.3) is 0 Å². The number of nitrogens with zero attached hydrogens (tertiary/aromatic N) is 4. The summed E-state index contributed by atoms with van der Waals surface area (Å²) in [6, 6.07) is 13.9. The summed E-state index contributed by atoms with van der Waals surface area (Å²) in [7, 11) is 0. The van der Waals surface area contributed by atoms with E-state index in [1.165, 1.54) is 16.8 Å². The van der Waals surface area contributed by atoms with Crippen molar-refractivity contribution in [2.75, 3.05) is 0 Å². The molecule has 0 aliphatic carbocycles. The van der Waals surface area contributed by atoms with Crippen molar-refractivity contribution in [3.63, 3.8) is 0 Å². The minimum atomic E-state index is -0.340. The van der Waals surface area contributed by atoms with Crippen LogP contribution in [0.1, 0.15) is 0 Å². The molecule has 4 nitrogen and oxygen atoms in total. The Hall–Kier alpha value is -2.08. The van der Waals surface area contributed by atoms with Crippen LogP contribution in [0.25, 0.3) is 17.1 Å². The molecule has 0 aliphatic rings. The fourth-order valence-electron chi connectivity index (χ4n) is 1.76. The van der Waals surface area contributed by atoms with E-state index >= 15 is 0 Å². The predicted molar refractivity (Wildman–Crippen MR) is 72.2 cm³/mol. The van der Waals surface area contributed by atoms with E-state index in [1.807, 2.05) is 30.3 Å². The fourth-order valence-corrected chi connectivity index (χ4v) is 2.18. The Bertz CT molecular complexity index is 712. The monoisotopic (exact) mass is 318 g/mol. The molecule has 0 saturated carbocycles. The molecule has 0 saturated heterocycles. The third-order valence-electron chi connectivity index (χ3n) is 2.64. The molecule has 1 heterocycles. The molecule has 19 heavy (non-hydrogen) atoms. The van der Waals surface area contributed by atoms with Crippen LogP contribution in [0.2, 0.25) is 0 Å². The average molecular weight is 319 g/mol. The van der Waals surface area contributed by atoms with E-state index in [0.717, 1.165) is 10.0 Å². The Morgan fingerprint density at radius 2 is 1.84 bits per heavy atom. The van der Waals surface area contributed by atoms with Gasteiger partial charge in [0.15, 0.2) is 5.82 Å². The average Bonchev–Trinajstić information content (AvgIpc) is 2.91. The Labute approximate surface area is 117 Å². The van der Waals surface area contributed by atoms with Crippen LogP contribution in [-0.2, 0) is 0 Å². The van der Waals surface area contributed by atoms with Crippen molar-refractivity contribution < 1.29 is 4.39 Å². The van der Waals surface area contributed by atoms with E-state index in [4.69, 9.17) is 0 Å². The molecule has 0 amide bonds. The van der Waals surface area contributed by atoms with E-state index in [9.17, 15) is 4.39 Å². The molecular formula is C13H8BrFN4. The Kier molecular flexibility index (Phi) is 3.08. The predicted octanol–water partition coefficient (Wildman–Crippen LogP) is 3.23. The van der Waals surface area contributed by atoms with Gasteiger partial charge in [0.05, 0.1) is 5.69 Å². The van der Waals surface area contributed by atoms with Gasteiger partial charge in [-0.15, -0.1) is 5.10 Å². The number of rotatable bonds is 2. The van der Waals surface area contributed by atoms with Gasteiger partial charge in [0, 0.05) is 16.1 Å². The van der Waals surface area contributed by atoms with Gasteiger partial charge in [-0.3, -0.25) is 0 Å². The lowest BCUT2D eigenvalue weighted by Crippen LogP contribution is -2.01. The first-order valence-corrected chi connectivity index (χ1v) is 6.34. The van der Waals surface area contributed by atoms with Crippen LogP contribution in [-0.4, -0.2) is 20.2 Å². The summed E-state index contributed by atoms with van der Waals surface area (Å²) in [6.07, 6.45) is 0. The summed E-state index contributed by atoms with van der Waals surface area (Å²) in [6.45, 7) is 0. The minimum Gasteiger partial charge on any atom is -0.207 e. The molecule has 0 unspecified atom stereocenters. The van der Waals surface area contributed by atoms with Crippen LogP contribution >= 0.6 is 15.9 Å². The third-order valence-corrected chi connectivity index (χ3v) is 3.31.